The van der Waals surface area contributed by atoms with Crippen molar-refractivity contribution in [1.29, 1.82) is 0 Å². The van der Waals surface area contributed by atoms with Gasteiger partial charge in [0.2, 0.25) is 0 Å². The van der Waals surface area contributed by atoms with E-state index in [2.05, 4.69) is 23.7 Å². The van der Waals surface area contributed by atoms with Crippen molar-refractivity contribution in [1.82, 2.24) is 14.8 Å². The summed E-state index contributed by atoms with van der Waals surface area (Å²) in [5, 5.41) is 2.03. The first-order valence-electron chi connectivity index (χ1n) is 7.68. The minimum Gasteiger partial charge on any atom is -0.336 e. The lowest BCUT2D eigenvalue weighted by Crippen LogP contribution is -2.50. The highest BCUT2D eigenvalue weighted by atomic mass is 32.1. The highest BCUT2D eigenvalue weighted by molar-refractivity contribution is 7.13. The minimum atomic E-state index is 0.0913. The zero-order valence-corrected chi connectivity index (χ0v) is 13.8. The van der Waals surface area contributed by atoms with Gasteiger partial charge in [-0.25, -0.2) is 0 Å². The van der Waals surface area contributed by atoms with E-state index in [-0.39, 0.29) is 5.91 Å². The molecule has 0 aromatic carbocycles. The lowest BCUT2D eigenvalue weighted by molar-refractivity contribution is 0.0595. The average molecular weight is 315 g/mol. The molecule has 0 spiro atoms. The smallest absolute Gasteiger partial charge is 0.255 e. The quantitative estimate of drug-likeness (QED) is 0.874. The predicted octanol–water partition coefficient (Wildman–Crippen LogP) is 2.98. The largest absolute Gasteiger partial charge is 0.336 e. The average Bonchev–Trinajstić information content (AvgIpc) is 3.09. The molecular weight excluding hydrogens is 294 g/mol. The van der Waals surface area contributed by atoms with Crippen LogP contribution in [0.15, 0.2) is 35.8 Å². The van der Waals surface area contributed by atoms with Crippen LogP contribution in [-0.4, -0.2) is 52.9 Å². The molecule has 1 aliphatic rings. The van der Waals surface area contributed by atoms with Crippen LogP contribution in [0, 0.1) is 0 Å². The van der Waals surface area contributed by atoms with Crippen LogP contribution in [0.2, 0.25) is 0 Å². The number of carbonyl (C=O) groups excluding carboxylic acids is 1. The second kappa shape index (κ2) is 6.58. The maximum atomic E-state index is 12.5. The third-order valence-corrected chi connectivity index (χ3v) is 5.01. The van der Waals surface area contributed by atoms with Crippen molar-refractivity contribution >= 4 is 17.2 Å². The molecule has 0 saturated carbocycles. The number of rotatable bonds is 3. The number of amides is 1. The number of hydrogen-bond acceptors (Lipinski definition) is 4. The zero-order chi connectivity index (χ0) is 15.5. The summed E-state index contributed by atoms with van der Waals surface area (Å²) >= 11 is 1.66. The number of aromatic nitrogens is 1. The molecule has 3 rings (SSSR count). The van der Waals surface area contributed by atoms with Gasteiger partial charge in [-0.3, -0.25) is 14.7 Å². The lowest BCUT2D eigenvalue weighted by Gasteiger charge is -2.36. The van der Waals surface area contributed by atoms with E-state index in [9.17, 15) is 4.79 Å². The van der Waals surface area contributed by atoms with Crippen LogP contribution in [0.1, 0.15) is 24.2 Å². The van der Waals surface area contributed by atoms with Crippen molar-refractivity contribution in [3.8, 4) is 10.6 Å². The summed E-state index contributed by atoms with van der Waals surface area (Å²) < 4.78 is 0. The fourth-order valence-electron chi connectivity index (χ4n) is 2.71. The van der Waals surface area contributed by atoms with E-state index < -0.39 is 0 Å². The Morgan fingerprint density at radius 1 is 1.18 bits per heavy atom. The van der Waals surface area contributed by atoms with E-state index in [0.29, 0.717) is 11.6 Å². The van der Waals surface area contributed by atoms with Gasteiger partial charge < -0.3 is 4.90 Å². The Morgan fingerprint density at radius 2 is 1.95 bits per heavy atom. The Bertz CT molecular complexity index is 614. The highest BCUT2D eigenvalue weighted by Gasteiger charge is 2.23. The molecule has 2 aromatic rings. The van der Waals surface area contributed by atoms with E-state index in [4.69, 9.17) is 0 Å². The van der Waals surface area contributed by atoms with Gasteiger partial charge in [0.15, 0.2) is 0 Å². The van der Waals surface area contributed by atoms with Crippen molar-refractivity contribution < 1.29 is 4.79 Å². The van der Waals surface area contributed by atoms with Gasteiger partial charge in [0.05, 0.1) is 16.1 Å². The molecule has 1 fully saturated rings. The number of carbonyl (C=O) groups is 1. The number of piperazine rings is 1. The third-order valence-electron chi connectivity index (χ3n) is 4.12. The zero-order valence-electron chi connectivity index (χ0n) is 13.0. The van der Waals surface area contributed by atoms with Crippen LogP contribution in [0.25, 0.3) is 10.6 Å². The molecule has 116 valence electrons. The van der Waals surface area contributed by atoms with Crippen molar-refractivity contribution in [3.63, 3.8) is 0 Å². The minimum absolute atomic E-state index is 0.0913. The van der Waals surface area contributed by atoms with Crippen LogP contribution in [-0.2, 0) is 0 Å². The van der Waals surface area contributed by atoms with Crippen molar-refractivity contribution in [2.45, 2.75) is 19.9 Å². The summed E-state index contributed by atoms with van der Waals surface area (Å²) in [6.45, 7) is 7.89. The molecule has 0 unspecified atom stereocenters. The molecule has 0 bridgehead atoms. The molecule has 1 saturated heterocycles. The first-order valence-corrected chi connectivity index (χ1v) is 8.56. The van der Waals surface area contributed by atoms with Crippen LogP contribution in [0.3, 0.4) is 0 Å². The van der Waals surface area contributed by atoms with E-state index in [1.54, 1.807) is 17.5 Å². The molecule has 5 heteroatoms. The van der Waals surface area contributed by atoms with E-state index in [0.717, 1.165) is 36.8 Å². The summed E-state index contributed by atoms with van der Waals surface area (Å²) in [5.74, 6) is 0.0913. The first-order chi connectivity index (χ1) is 10.6. The van der Waals surface area contributed by atoms with Crippen molar-refractivity contribution in [2.75, 3.05) is 26.2 Å². The van der Waals surface area contributed by atoms with Crippen LogP contribution in [0.5, 0.6) is 0 Å². The normalized spacial score (nSPS) is 16.2. The van der Waals surface area contributed by atoms with Crippen molar-refractivity contribution in [3.05, 3.63) is 41.4 Å². The lowest BCUT2D eigenvalue weighted by atomic mass is 10.2. The molecule has 1 amide bonds. The van der Waals surface area contributed by atoms with Gasteiger partial charge in [-0.1, -0.05) is 6.07 Å². The molecule has 4 nitrogen and oxygen atoms in total. The summed E-state index contributed by atoms with van der Waals surface area (Å²) in [6.07, 6.45) is 1.70. The SMILES string of the molecule is CC(C)N1CCN(C(=O)c2ccc(-c3cccs3)nc2)CC1. The standard InChI is InChI=1S/C17H21N3OS/c1-13(2)19-7-9-20(10-8-19)17(21)14-5-6-15(18-12-14)16-4-3-11-22-16/h3-6,11-13H,7-10H2,1-2H3. The monoisotopic (exact) mass is 315 g/mol. The predicted molar refractivity (Wildman–Crippen MR) is 90.2 cm³/mol. The number of thiophene rings is 1. The van der Waals surface area contributed by atoms with Crippen molar-refractivity contribution in [2.24, 2.45) is 0 Å². The fraction of sp³-hybridized carbons (Fsp3) is 0.412. The second-order valence-electron chi connectivity index (χ2n) is 5.83. The van der Waals surface area contributed by atoms with Crippen LogP contribution >= 0.6 is 11.3 Å². The molecular formula is C17H21N3OS. The number of nitrogens with zero attached hydrogens (tertiary/aromatic N) is 3. The maximum absolute atomic E-state index is 12.5. The van der Waals surface area contributed by atoms with Gasteiger partial charge in [-0.15, -0.1) is 11.3 Å². The van der Waals surface area contributed by atoms with Crippen LogP contribution < -0.4 is 0 Å². The molecule has 2 aromatic heterocycles. The molecule has 0 atom stereocenters. The van der Waals surface area contributed by atoms with Gasteiger partial charge in [-0.2, -0.15) is 0 Å². The van der Waals surface area contributed by atoms with Gasteiger partial charge in [0, 0.05) is 38.4 Å². The molecule has 0 aliphatic carbocycles. The number of hydrogen-bond donors (Lipinski definition) is 0. The Morgan fingerprint density at radius 3 is 2.50 bits per heavy atom. The van der Waals surface area contributed by atoms with E-state index in [1.807, 2.05) is 34.5 Å². The van der Waals surface area contributed by atoms with Gasteiger partial charge in [0.25, 0.3) is 5.91 Å². The molecule has 1 aliphatic heterocycles. The maximum Gasteiger partial charge on any atom is 0.255 e. The Hall–Kier alpha value is -1.72. The summed E-state index contributed by atoms with van der Waals surface area (Å²) in [6, 6.07) is 8.42. The molecule has 0 radical (unpaired) electrons. The fourth-order valence-corrected chi connectivity index (χ4v) is 3.42. The van der Waals surface area contributed by atoms with Crippen LogP contribution in [0.4, 0.5) is 0 Å². The number of pyridine rings is 1. The summed E-state index contributed by atoms with van der Waals surface area (Å²) in [4.78, 5) is 22.4. The summed E-state index contributed by atoms with van der Waals surface area (Å²) in [5.41, 5.74) is 1.61. The topological polar surface area (TPSA) is 36.4 Å². The molecule has 3 heterocycles. The van der Waals surface area contributed by atoms with Gasteiger partial charge >= 0.3 is 0 Å². The third kappa shape index (κ3) is 3.20. The second-order valence-corrected chi connectivity index (χ2v) is 6.78. The molecule has 0 N–H and O–H groups in total. The van der Waals surface area contributed by atoms with Gasteiger partial charge in [-0.05, 0) is 37.4 Å². The highest BCUT2D eigenvalue weighted by Crippen LogP contribution is 2.22. The Labute approximate surface area is 135 Å². The summed E-state index contributed by atoms with van der Waals surface area (Å²) in [7, 11) is 0. The van der Waals surface area contributed by atoms with E-state index in [1.165, 1.54) is 0 Å². The van der Waals surface area contributed by atoms with E-state index >= 15 is 0 Å². The first kappa shape index (κ1) is 15.2. The Kier molecular flexibility index (Phi) is 4.55. The van der Waals surface area contributed by atoms with Gasteiger partial charge in [0.1, 0.15) is 0 Å². The Balaban J connectivity index is 1.66. The molecule has 22 heavy (non-hydrogen) atoms.